The molecule has 2 aromatic heterocycles. The van der Waals surface area contributed by atoms with Crippen LogP contribution in [0, 0.1) is 5.82 Å². The molecule has 0 radical (unpaired) electrons. The number of nitrogens with zero attached hydrogens (tertiary/aromatic N) is 4. The van der Waals surface area contributed by atoms with Crippen molar-refractivity contribution in [1.29, 1.82) is 0 Å². The molecular formula is C21H20FN5O3S. The SMILES string of the molecule is CCC(NC(=O)c1cncc2c1cnn2-c1ccc(F)cc1)C1=NC(C(=O)OC)CS1. The molecule has 0 aliphatic carbocycles. The first kappa shape index (κ1) is 21.0. The number of ether oxygens (including phenoxy) is 1. The summed E-state index contributed by atoms with van der Waals surface area (Å²) in [7, 11) is 1.33. The quantitative estimate of drug-likeness (QED) is 0.591. The van der Waals surface area contributed by atoms with E-state index in [1.807, 2.05) is 6.92 Å². The third kappa shape index (κ3) is 4.15. The van der Waals surface area contributed by atoms with E-state index in [0.717, 1.165) is 0 Å². The van der Waals surface area contributed by atoms with Crippen LogP contribution in [0.25, 0.3) is 16.6 Å². The first-order chi connectivity index (χ1) is 15.0. The Balaban J connectivity index is 1.59. The number of hydrogen-bond acceptors (Lipinski definition) is 7. The smallest absolute Gasteiger partial charge is 0.331 e. The summed E-state index contributed by atoms with van der Waals surface area (Å²) in [5, 5.41) is 8.66. The molecule has 0 fully saturated rings. The number of pyridine rings is 1. The fraction of sp³-hybridized carbons (Fsp3) is 0.286. The first-order valence-corrected chi connectivity index (χ1v) is 10.7. The zero-order valence-corrected chi connectivity index (χ0v) is 17.7. The molecule has 4 rings (SSSR count). The molecule has 1 aliphatic heterocycles. The Hall–Kier alpha value is -3.27. The molecule has 1 aliphatic rings. The maximum Gasteiger partial charge on any atom is 0.331 e. The van der Waals surface area contributed by atoms with Gasteiger partial charge in [-0.3, -0.25) is 14.8 Å². The molecule has 3 heterocycles. The first-order valence-electron chi connectivity index (χ1n) is 9.68. The highest BCUT2D eigenvalue weighted by molar-refractivity contribution is 8.14. The van der Waals surface area contributed by atoms with Crippen molar-refractivity contribution < 1.29 is 18.7 Å². The van der Waals surface area contributed by atoms with Gasteiger partial charge < -0.3 is 10.1 Å². The van der Waals surface area contributed by atoms with E-state index >= 15 is 0 Å². The summed E-state index contributed by atoms with van der Waals surface area (Å²) in [5.41, 5.74) is 1.66. The molecule has 1 aromatic carbocycles. The molecule has 8 nitrogen and oxygen atoms in total. The molecule has 0 saturated heterocycles. The van der Waals surface area contributed by atoms with E-state index in [1.54, 1.807) is 29.2 Å². The molecule has 160 valence electrons. The normalized spacial score (nSPS) is 16.7. The average molecular weight is 441 g/mol. The van der Waals surface area contributed by atoms with E-state index in [0.29, 0.717) is 39.4 Å². The van der Waals surface area contributed by atoms with E-state index in [1.165, 1.54) is 37.2 Å². The highest BCUT2D eigenvalue weighted by Crippen LogP contribution is 2.24. The molecule has 1 amide bonds. The van der Waals surface area contributed by atoms with E-state index in [4.69, 9.17) is 4.74 Å². The minimum Gasteiger partial charge on any atom is -0.467 e. The summed E-state index contributed by atoms with van der Waals surface area (Å²) in [4.78, 5) is 33.4. The summed E-state index contributed by atoms with van der Waals surface area (Å²) in [6, 6.07) is 5.04. The van der Waals surface area contributed by atoms with Gasteiger partial charge in [0.1, 0.15) is 5.82 Å². The fourth-order valence-electron chi connectivity index (χ4n) is 3.32. The van der Waals surface area contributed by atoms with Gasteiger partial charge in [-0.15, -0.1) is 11.8 Å². The number of carbonyl (C=O) groups excluding carboxylic acids is 2. The average Bonchev–Trinajstić information content (AvgIpc) is 3.45. The van der Waals surface area contributed by atoms with Gasteiger partial charge in [-0.1, -0.05) is 6.92 Å². The molecule has 2 atom stereocenters. The monoisotopic (exact) mass is 441 g/mol. The number of thioether (sulfide) groups is 1. The summed E-state index contributed by atoms with van der Waals surface area (Å²) >= 11 is 1.44. The van der Waals surface area contributed by atoms with Gasteiger partial charge >= 0.3 is 5.97 Å². The Morgan fingerprint density at radius 1 is 1.29 bits per heavy atom. The number of amides is 1. The molecule has 0 spiro atoms. The minimum absolute atomic E-state index is 0.312. The van der Waals surface area contributed by atoms with Crippen LogP contribution in [0.4, 0.5) is 4.39 Å². The third-order valence-corrected chi connectivity index (χ3v) is 6.14. The lowest BCUT2D eigenvalue weighted by Gasteiger charge is -2.16. The van der Waals surface area contributed by atoms with Gasteiger partial charge in [-0.05, 0) is 30.7 Å². The predicted molar refractivity (Wildman–Crippen MR) is 116 cm³/mol. The maximum atomic E-state index is 13.3. The zero-order valence-electron chi connectivity index (χ0n) is 16.9. The van der Waals surface area contributed by atoms with Gasteiger partial charge in [-0.2, -0.15) is 5.10 Å². The van der Waals surface area contributed by atoms with Crippen molar-refractivity contribution in [2.75, 3.05) is 12.9 Å². The predicted octanol–water partition coefficient (Wildman–Crippen LogP) is 2.75. The number of methoxy groups -OCH3 is 1. The van der Waals surface area contributed by atoms with Crippen molar-refractivity contribution in [2.45, 2.75) is 25.4 Å². The largest absolute Gasteiger partial charge is 0.467 e. The Morgan fingerprint density at radius 3 is 2.77 bits per heavy atom. The summed E-state index contributed by atoms with van der Waals surface area (Å²) in [5.74, 6) is -0.541. The van der Waals surface area contributed by atoms with Crippen LogP contribution >= 0.6 is 11.8 Å². The zero-order chi connectivity index (χ0) is 22.0. The molecule has 0 bridgehead atoms. The lowest BCUT2D eigenvalue weighted by atomic mass is 10.1. The van der Waals surface area contributed by atoms with Gasteiger partial charge in [0.2, 0.25) is 0 Å². The van der Waals surface area contributed by atoms with Crippen LogP contribution in [0.15, 0.2) is 47.8 Å². The number of benzene rings is 1. The molecule has 1 N–H and O–H groups in total. The Kier molecular flexibility index (Phi) is 5.99. The summed E-state index contributed by atoms with van der Waals surface area (Å²) in [6.45, 7) is 1.94. The highest BCUT2D eigenvalue weighted by Gasteiger charge is 2.30. The van der Waals surface area contributed by atoms with Crippen LogP contribution in [-0.2, 0) is 9.53 Å². The van der Waals surface area contributed by atoms with E-state index < -0.39 is 6.04 Å². The number of aliphatic imine (C=N–C) groups is 1. The number of fused-ring (bicyclic) bond motifs is 1. The second-order valence-corrected chi connectivity index (χ2v) is 7.94. The van der Waals surface area contributed by atoms with Crippen LogP contribution in [-0.4, -0.2) is 56.6 Å². The molecule has 3 aromatic rings. The number of hydrogen-bond donors (Lipinski definition) is 1. The van der Waals surface area contributed by atoms with Crippen molar-refractivity contribution in [3.63, 3.8) is 0 Å². The number of esters is 1. The second kappa shape index (κ2) is 8.84. The van der Waals surface area contributed by atoms with Crippen molar-refractivity contribution in [1.82, 2.24) is 20.1 Å². The molecule has 0 saturated carbocycles. The second-order valence-electron chi connectivity index (χ2n) is 6.90. The Morgan fingerprint density at radius 2 is 2.06 bits per heavy atom. The molecule has 2 unspecified atom stereocenters. The van der Waals surface area contributed by atoms with Crippen molar-refractivity contribution in [3.05, 3.63) is 54.2 Å². The standard InChI is InChI=1S/C21H20FN5O3S/c1-3-16(20-26-17(11-31-20)21(29)30-2)25-19(28)15-8-23-10-18-14(15)9-24-27(18)13-6-4-12(22)5-7-13/h4-10,16-17H,3,11H2,1-2H3,(H,25,28). The topological polar surface area (TPSA) is 98.5 Å². The molecule has 31 heavy (non-hydrogen) atoms. The summed E-state index contributed by atoms with van der Waals surface area (Å²) in [6.07, 6.45) is 5.30. The van der Waals surface area contributed by atoms with Crippen LogP contribution in [0.1, 0.15) is 23.7 Å². The van der Waals surface area contributed by atoms with Crippen LogP contribution in [0.5, 0.6) is 0 Å². The number of aromatic nitrogens is 3. The van der Waals surface area contributed by atoms with Gasteiger partial charge in [0.25, 0.3) is 5.91 Å². The lowest BCUT2D eigenvalue weighted by molar-refractivity contribution is -0.141. The minimum atomic E-state index is -0.546. The third-order valence-electron chi connectivity index (χ3n) is 4.97. The number of rotatable bonds is 6. The number of carbonyl (C=O) groups is 2. The van der Waals surface area contributed by atoms with Crippen LogP contribution in [0.3, 0.4) is 0 Å². The van der Waals surface area contributed by atoms with Gasteiger partial charge in [0.15, 0.2) is 6.04 Å². The van der Waals surface area contributed by atoms with Crippen LogP contribution < -0.4 is 5.32 Å². The van der Waals surface area contributed by atoms with Gasteiger partial charge in [0, 0.05) is 17.3 Å². The molecular weight excluding hydrogens is 421 g/mol. The molecule has 10 heteroatoms. The number of halogens is 1. The lowest BCUT2D eigenvalue weighted by Crippen LogP contribution is -2.39. The van der Waals surface area contributed by atoms with Crippen LogP contribution in [0.2, 0.25) is 0 Å². The fourth-order valence-corrected chi connectivity index (χ4v) is 4.49. The maximum absolute atomic E-state index is 13.3. The van der Waals surface area contributed by atoms with Crippen molar-refractivity contribution >= 4 is 39.6 Å². The Labute approximate surface area is 181 Å². The van der Waals surface area contributed by atoms with E-state index in [2.05, 4.69) is 20.4 Å². The van der Waals surface area contributed by atoms with Gasteiger partial charge in [0.05, 0.1) is 47.4 Å². The number of nitrogens with one attached hydrogen (secondary N) is 1. The van der Waals surface area contributed by atoms with Gasteiger partial charge in [-0.25, -0.2) is 13.9 Å². The van der Waals surface area contributed by atoms with Crippen molar-refractivity contribution in [3.8, 4) is 5.69 Å². The summed E-state index contributed by atoms with van der Waals surface area (Å²) < 4.78 is 19.6. The van der Waals surface area contributed by atoms with E-state index in [9.17, 15) is 14.0 Å². The van der Waals surface area contributed by atoms with Crippen molar-refractivity contribution in [2.24, 2.45) is 4.99 Å². The highest BCUT2D eigenvalue weighted by atomic mass is 32.2. The Bertz CT molecular complexity index is 1160. The van der Waals surface area contributed by atoms with E-state index in [-0.39, 0.29) is 23.7 Å².